The highest BCUT2D eigenvalue weighted by atomic mass is 16.2. The second kappa shape index (κ2) is 9.45. The molecule has 0 atom stereocenters. The van der Waals surface area contributed by atoms with Crippen molar-refractivity contribution in [2.45, 2.75) is 38.8 Å². The summed E-state index contributed by atoms with van der Waals surface area (Å²) in [5.41, 5.74) is 2.02. The number of aromatic nitrogens is 3. The van der Waals surface area contributed by atoms with E-state index < -0.39 is 0 Å². The van der Waals surface area contributed by atoms with E-state index in [0.29, 0.717) is 31.2 Å². The van der Waals surface area contributed by atoms with Gasteiger partial charge in [0.2, 0.25) is 0 Å². The summed E-state index contributed by atoms with van der Waals surface area (Å²) in [6.45, 7) is 2.53. The van der Waals surface area contributed by atoms with Crippen LogP contribution in [0.25, 0.3) is 0 Å². The second-order valence-corrected chi connectivity index (χ2v) is 7.26. The topological polar surface area (TPSA) is 92.2 Å². The zero-order chi connectivity index (χ0) is 19.9. The molecule has 0 saturated carbocycles. The summed E-state index contributed by atoms with van der Waals surface area (Å²) in [6.07, 6.45) is 5.31. The number of hydrogen-bond donors (Lipinski definition) is 2. The number of fused-ring (bicyclic) bond motifs is 1. The van der Waals surface area contributed by atoms with E-state index in [4.69, 9.17) is 0 Å². The van der Waals surface area contributed by atoms with Gasteiger partial charge in [0.1, 0.15) is 5.69 Å². The molecule has 8 heteroatoms. The Balaban J connectivity index is 1.69. The van der Waals surface area contributed by atoms with Gasteiger partial charge in [-0.2, -0.15) is 0 Å². The number of amides is 2. The molecule has 28 heavy (non-hydrogen) atoms. The number of rotatable bonds is 8. The fourth-order valence-electron chi connectivity index (χ4n) is 3.33. The predicted octanol–water partition coefficient (Wildman–Crippen LogP) is 1.23. The van der Waals surface area contributed by atoms with E-state index in [-0.39, 0.29) is 11.8 Å². The van der Waals surface area contributed by atoms with E-state index in [0.717, 1.165) is 43.6 Å². The summed E-state index contributed by atoms with van der Waals surface area (Å²) < 4.78 is 1.89. The van der Waals surface area contributed by atoms with Gasteiger partial charge in [0.25, 0.3) is 11.8 Å². The van der Waals surface area contributed by atoms with E-state index in [1.165, 1.54) is 0 Å². The maximum Gasteiger partial charge on any atom is 0.287 e. The summed E-state index contributed by atoms with van der Waals surface area (Å²) in [5.74, 6) is -0.169. The van der Waals surface area contributed by atoms with E-state index in [2.05, 4.69) is 25.5 Å². The van der Waals surface area contributed by atoms with Crippen molar-refractivity contribution in [1.82, 2.24) is 30.1 Å². The SMILES string of the molecule is CN(C)CCCNC(=O)c1nc(C(=O)NCc2ccccn2)n2c1CCCC2. The van der Waals surface area contributed by atoms with Gasteiger partial charge in [0.15, 0.2) is 5.82 Å². The molecule has 0 radical (unpaired) electrons. The Labute approximate surface area is 165 Å². The zero-order valence-electron chi connectivity index (χ0n) is 16.6. The van der Waals surface area contributed by atoms with Gasteiger partial charge in [-0.25, -0.2) is 4.98 Å². The van der Waals surface area contributed by atoms with Crippen molar-refractivity contribution in [3.8, 4) is 0 Å². The second-order valence-electron chi connectivity index (χ2n) is 7.26. The quantitative estimate of drug-likeness (QED) is 0.668. The standard InChI is InChI=1S/C20H28N6O2/c1-25(2)12-7-11-22-19(27)17-16-9-4-6-13-26(16)18(24-17)20(28)23-14-15-8-3-5-10-21-15/h3,5,8,10H,4,6-7,9,11-14H2,1-2H3,(H,22,27)(H,23,28). The van der Waals surface area contributed by atoms with Crippen molar-refractivity contribution >= 4 is 11.8 Å². The number of imidazole rings is 1. The fourth-order valence-corrected chi connectivity index (χ4v) is 3.33. The number of pyridine rings is 1. The van der Waals surface area contributed by atoms with Crippen LogP contribution in [-0.2, 0) is 19.5 Å². The fraction of sp³-hybridized carbons (Fsp3) is 0.500. The van der Waals surface area contributed by atoms with Crippen LogP contribution in [0.2, 0.25) is 0 Å². The van der Waals surface area contributed by atoms with Crippen LogP contribution in [0.5, 0.6) is 0 Å². The summed E-state index contributed by atoms with van der Waals surface area (Å²) in [5, 5.41) is 5.79. The molecule has 2 N–H and O–H groups in total. The molecule has 0 saturated heterocycles. The van der Waals surface area contributed by atoms with Crippen LogP contribution in [-0.4, -0.2) is 58.4 Å². The Morgan fingerprint density at radius 2 is 2.04 bits per heavy atom. The lowest BCUT2D eigenvalue weighted by molar-refractivity contribution is 0.0934. The molecule has 3 heterocycles. The maximum atomic E-state index is 12.7. The van der Waals surface area contributed by atoms with E-state index in [9.17, 15) is 9.59 Å². The Hall–Kier alpha value is -2.74. The monoisotopic (exact) mass is 384 g/mol. The number of nitrogens with zero attached hydrogens (tertiary/aromatic N) is 4. The van der Waals surface area contributed by atoms with Crippen molar-refractivity contribution < 1.29 is 9.59 Å². The number of hydrogen-bond acceptors (Lipinski definition) is 5. The lowest BCUT2D eigenvalue weighted by Crippen LogP contribution is -2.28. The summed E-state index contributed by atoms with van der Waals surface area (Å²) >= 11 is 0. The molecule has 8 nitrogen and oxygen atoms in total. The normalized spacial score (nSPS) is 13.2. The molecule has 0 aromatic carbocycles. The van der Waals surface area contributed by atoms with Crippen LogP contribution in [0.4, 0.5) is 0 Å². The molecule has 0 bridgehead atoms. The van der Waals surface area contributed by atoms with Crippen LogP contribution in [0.15, 0.2) is 24.4 Å². The molecule has 0 unspecified atom stereocenters. The molecule has 1 aliphatic rings. The van der Waals surface area contributed by atoms with Gasteiger partial charge >= 0.3 is 0 Å². The molecule has 2 amide bonds. The van der Waals surface area contributed by atoms with Crippen LogP contribution < -0.4 is 10.6 Å². The van der Waals surface area contributed by atoms with Crippen molar-refractivity contribution in [1.29, 1.82) is 0 Å². The van der Waals surface area contributed by atoms with Gasteiger partial charge in [-0.1, -0.05) is 6.07 Å². The highest BCUT2D eigenvalue weighted by Gasteiger charge is 2.27. The van der Waals surface area contributed by atoms with Crippen LogP contribution in [0.3, 0.4) is 0 Å². The third-order valence-electron chi connectivity index (χ3n) is 4.76. The third kappa shape index (κ3) is 4.95. The number of carbonyl (C=O) groups excluding carboxylic acids is 2. The lowest BCUT2D eigenvalue weighted by Gasteiger charge is -2.17. The van der Waals surface area contributed by atoms with Crippen molar-refractivity contribution in [2.75, 3.05) is 27.2 Å². The van der Waals surface area contributed by atoms with E-state index in [1.807, 2.05) is 36.9 Å². The molecule has 2 aromatic heterocycles. The molecule has 2 aromatic rings. The summed E-state index contributed by atoms with van der Waals surface area (Å²) in [7, 11) is 4.01. The molecule has 1 aliphatic heterocycles. The molecule has 0 spiro atoms. The minimum Gasteiger partial charge on any atom is -0.351 e. The molecular weight excluding hydrogens is 356 g/mol. The van der Waals surface area contributed by atoms with Gasteiger partial charge in [-0.05, 0) is 58.5 Å². The summed E-state index contributed by atoms with van der Waals surface area (Å²) in [6, 6.07) is 5.57. The van der Waals surface area contributed by atoms with Crippen molar-refractivity contribution in [3.05, 3.63) is 47.3 Å². The highest BCUT2D eigenvalue weighted by molar-refractivity contribution is 5.97. The Morgan fingerprint density at radius 3 is 2.79 bits per heavy atom. The molecule has 150 valence electrons. The molecule has 0 aliphatic carbocycles. The van der Waals surface area contributed by atoms with E-state index >= 15 is 0 Å². The van der Waals surface area contributed by atoms with Gasteiger partial charge in [0.05, 0.1) is 17.9 Å². The predicted molar refractivity (Wildman–Crippen MR) is 106 cm³/mol. The Kier molecular flexibility index (Phi) is 6.76. The van der Waals surface area contributed by atoms with Crippen LogP contribution in [0.1, 0.15) is 51.8 Å². The zero-order valence-corrected chi connectivity index (χ0v) is 16.6. The first-order valence-corrected chi connectivity index (χ1v) is 9.76. The first-order chi connectivity index (χ1) is 13.6. The number of nitrogens with one attached hydrogen (secondary N) is 2. The third-order valence-corrected chi connectivity index (χ3v) is 4.76. The van der Waals surface area contributed by atoms with Crippen LogP contribution in [0, 0.1) is 0 Å². The van der Waals surface area contributed by atoms with Gasteiger partial charge in [0, 0.05) is 19.3 Å². The lowest BCUT2D eigenvalue weighted by atomic mass is 10.1. The summed E-state index contributed by atoms with van der Waals surface area (Å²) in [4.78, 5) is 36.0. The van der Waals surface area contributed by atoms with Gasteiger partial charge in [-0.3, -0.25) is 14.6 Å². The molecule has 3 rings (SSSR count). The van der Waals surface area contributed by atoms with Crippen LogP contribution >= 0.6 is 0 Å². The van der Waals surface area contributed by atoms with Crippen molar-refractivity contribution in [2.24, 2.45) is 0 Å². The smallest absolute Gasteiger partial charge is 0.287 e. The highest BCUT2D eigenvalue weighted by Crippen LogP contribution is 2.21. The average molecular weight is 384 g/mol. The Bertz CT molecular complexity index is 816. The first-order valence-electron chi connectivity index (χ1n) is 9.76. The van der Waals surface area contributed by atoms with E-state index in [1.54, 1.807) is 6.20 Å². The number of carbonyl (C=O) groups is 2. The van der Waals surface area contributed by atoms with Crippen molar-refractivity contribution in [3.63, 3.8) is 0 Å². The molecule has 0 fully saturated rings. The van der Waals surface area contributed by atoms with Gasteiger partial charge < -0.3 is 20.1 Å². The first kappa shape index (κ1) is 20.0. The maximum absolute atomic E-state index is 12.7. The average Bonchev–Trinajstić information content (AvgIpc) is 3.10. The minimum atomic E-state index is -0.277. The largest absolute Gasteiger partial charge is 0.351 e. The minimum absolute atomic E-state index is 0.201. The van der Waals surface area contributed by atoms with Gasteiger partial charge in [-0.15, -0.1) is 0 Å². The Morgan fingerprint density at radius 1 is 1.18 bits per heavy atom. The molecular formula is C20H28N6O2.